The Morgan fingerprint density at radius 1 is 1.62 bits per heavy atom. The molecule has 1 aromatic heterocycles. The molecule has 1 N–H and O–H groups in total. The van der Waals surface area contributed by atoms with Gasteiger partial charge in [-0.15, -0.1) is 0 Å². The van der Waals surface area contributed by atoms with Crippen LogP contribution in [-0.2, 0) is 0 Å². The summed E-state index contributed by atoms with van der Waals surface area (Å²) >= 11 is 0. The van der Waals surface area contributed by atoms with Crippen LogP contribution in [0.2, 0.25) is 0 Å². The van der Waals surface area contributed by atoms with E-state index in [1.54, 1.807) is 25.3 Å². The van der Waals surface area contributed by atoms with E-state index in [2.05, 4.69) is 16.8 Å². The Labute approximate surface area is 76.7 Å². The Balaban J connectivity index is 3.04. The first-order valence-corrected chi connectivity index (χ1v) is 3.78. The summed E-state index contributed by atoms with van der Waals surface area (Å²) in [7, 11) is 0. The van der Waals surface area contributed by atoms with Gasteiger partial charge in [0.1, 0.15) is 17.9 Å². The van der Waals surface area contributed by atoms with Crippen molar-refractivity contribution in [2.45, 2.75) is 13.0 Å². The number of aliphatic hydroxyl groups is 1. The van der Waals surface area contributed by atoms with Gasteiger partial charge in [-0.05, 0) is 25.0 Å². The third-order valence-corrected chi connectivity index (χ3v) is 1.33. The lowest BCUT2D eigenvalue weighted by Crippen LogP contribution is -1.94. The Bertz CT molecular complexity index is 393. The van der Waals surface area contributed by atoms with Crippen LogP contribution in [0.5, 0.6) is 0 Å². The van der Waals surface area contributed by atoms with Crippen molar-refractivity contribution in [1.29, 1.82) is 5.26 Å². The first-order valence-electron chi connectivity index (χ1n) is 3.78. The lowest BCUT2D eigenvalue weighted by molar-refractivity contribution is 0.253. The topological polar surface area (TPSA) is 56.9 Å². The standard InChI is InChI=1S/C10H8N2O/c1-8(13)4-5-10-9(7-11)3-2-6-12-10/h2-3,6,8,13H,1H3/t8-/m0/s1. The number of hydrogen-bond acceptors (Lipinski definition) is 3. The maximum Gasteiger partial charge on any atom is 0.130 e. The minimum atomic E-state index is -0.700. The Kier molecular flexibility index (Phi) is 3.03. The zero-order valence-electron chi connectivity index (χ0n) is 7.15. The van der Waals surface area contributed by atoms with Crippen LogP contribution in [0.15, 0.2) is 18.3 Å². The predicted octanol–water partition coefficient (Wildman–Crippen LogP) is 0.686. The van der Waals surface area contributed by atoms with E-state index in [4.69, 9.17) is 10.4 Å². The minimum Gasteiger partial charge on any atom is -0.381 e. The summed E-state index contributed by atoms with van der Waals surface area (Å²) in [5.41, 5.74) is 0.835. The van der Waals surface area contributed by atoms with Crippen LogP contribution in [0.1, 0.15) is 18.2 Å². The first kappa shape index (κ1) is 9.25. The number of hydrogen-bond donors (Lipinski definition) is 1. The van der Waals surface area contributed by atoms with Gasteiger partial charge < -0.3 is 5.11 Å². The van der Waals surface area contributed by atoms with E-state index in [9.17, 15) is 0 Å². The fraction of sp³-hybridized carbons (Fsp3) is 0.200. The number of rotatable bonds is 0. The van der Waals surface area contributed by atoms with Crippen LogP contribution < -0.4 is 0 Å². The summed E-state index contributed by atoms with van der Waals surface area (Å²) in [6.07, 6.45) is 0.862. The van der Waals surface area contributed by atoms with Crippen LogP contribution in [0.4, 0.5) is 0 Å². The van der Waals surface area contributed by atoms with Gasteiger partial charge in [0.2, 0.25) is 0 Å². The Morgan fingerprint density at radius 3 is 3.00 bits per heavy atom. The predicted molar refractivity (Wildman–Crippen MR) is 47.5 cm³/mol. The quantitative estimate of drug-likeness (QED) is 0.585. The molecule has 0 unspecified atom stereocenters. The SMILES string of the molecule is C[C@H](O)C#Cc1ncccc1C#N. The van der Waals surface area contributed by atoms with Crippen LogP contribution in [0.25, 0.3) is 0 Å². The molecule has 64 valence electrons. The highest BCUT2D eigenvalue weighted by Gasteiger charge is 1.97. The zero-order chi connectivity index (χ0) is 9.68. The molecule has 0 aromatic carbocycles. The molecule has 0 radical (unpaired) electrons. The lowest BCUT2D eigenvalue weighted by Gasteiger charge is -1.92. The lowest BCUT2D eigenvalue weighted by atomic mass is 10.2. The molecule has 3 nitrogen and oxygen atoms in total. The first-order chi connectivity index (χ1) is 6.24. The molecule has 13 heavy (non-hydrogen) atoms. The van der Waals surface area contributed by atoms with Gasteiger partial charge in [0.25, 0.3) is 0 Å². The molecule has 0 amide bonds. The Hall–Kier alpha value is -1.84. The average molecular weight is 172 g/mol. The molecule has 3 heteroatoms. The van der Waals surface area contributed by atoms with Gasteiger partial charge in [-0.2, -0.15) is 5.26 Å². The second-order valence-corrected chi connectivity index (χ2v) is 2.46. The van der Waals surface area contributed by atoms with Crippen LogP contribution >= 0.6 is 0 Å². The second kappa shape index (κ2) is 4.25. The molecule has 0 aliphatic carbocycles. The summed E-state index contributed by atoms with van der Waals surface area (Å²) in [4.78, 5) is 3.91. The maximum atomic E-state index is 8.89. The van der Waals surface area contributed by atoms with Gasteiger partial charge in [0, 0.05) is 6.20 Å². The number of aliphatic hydroxyl groups excluding tert-OH is 1. The number of pyridine rings is 1. The molecule has 0 aliphatic heterocycles. The molecule has 0 fully saturated rings. The van der Waals surface area contributed by atoms with Crippen molar-refractivity contribution in [3.63, 3.8) is 0 Å². The minimum absolute atomic E-state index is 0.408. The van der Waals surface area contributed by atoms with E-state index < -0.39 is 6.10 Å². The van der Waals surface area contributed by atoms with Crippen LogP contribution in [0.3, 0.4) is 0 Å². The Morgan fingerprint density at radius 2 is 2.38 bits per heavy atom. The van der Waals surface area contributed by atoms with E-state index >= 15 is 0 Å². The third kappa shape index (κ3) is 2.59. The fourth-order valence-electron chi connectivity index (χ4n) is 0.768. The van der Waals surface area contributed by atoms with E-state index in [0.717, 1.165) is 0 Å². The van der Waals surface area contributed by atoms with Crippen LogP contribution in [-0.4, -0.2) is 16.2 Å². The number of nitrogens with zero attached hydrogens (tertiary/aromatic N) is 2. The molecule has 1 rings (SSSR count). The summed E-state index contributed by atoms with van der Waals surface area (Å²) in [6.45, 7) is 1.56. The molecule has 0 spiro atoms. The molecular weight excluding hydrogens is 164 g/mol. The van der Waals surface area contributed by atoms with E-state index in [1.165, 1.54) is 0 Å². The zero-order valence-corrected chi connectivity index (χ0v) is 7.15. The summed E-state index contributed by atoms with van der Waals surface area (Å²) in [5.74, 6) is 5.16. The second-order valence-electron chi connectivity index (χ2n) is 2.46. The van der Waals surface area contributed by atoms with Crippen molar-refractivity contribution < 1.29 is 5.11 Å². The summed E-state index contributed by atoms with van der Waals surface area (Å²) in [5, 5.41) is 17.6. The molecule has 0 bridgehead atoms. The third-order valence-electron chi connectivity index (χ3n) is 1.33. The van der Waals surface area contributed by atoms with Crippen molar-refractivity contribution >= 4 is 0 Å². The molecular formula is C10H8N2O. The van der Waals surface area contributed by atoms with Gasteiger partial charge in [-0.3, -0.25) is 0 Å². The van der Waals surface area contributed by atoms with Gasteiger partial charge >= 0.3 is 0 Å². The van der Waals surface area contributed by atoms with Crippen molar-refractivity contribution in [1.82, 2.24) is 4.98 Å². The largest absolute Gasteiger partial charge is 0.381 e. The van der Waals surface area contributed by atoms with Gasteiger partial charge in [-0.25, -0.2) is 4.98 Å². The molecule has 0 aliphatic rings. The monoisotopic (exact) mass is 172 g/mol. The smallest absolute Gasteiger partial charge is 0.130 e. The summed E-state index contributed by atoms with van der Waals surface area (Å²) in [6, 6.07) is 5.28. The molecule has 0 saturated heterocycles. The highest BCUT2D eigenvalue weighted by molar-refractivity contribution is 5.43. The summed E-state index contributed by atoms with van der Waals surface area (Å²) < 4.78 is 0. The van der Waals surface area contributed by atoms with Crippen molar-refractivity contribution in [2.24, 2.45) is 0 Å². The normalized spacial score (nSPS) is 10.8. The van der Waals surface area contributed by atoms with Gasteiger partial charge in [0.05, 0.1) is 5.56 Å². The molecule has 1 heterocycles. The van der Waals surface area contributed by atoms with Gasteiger partial charge in [-0.1, -0.05) is 5.92 Å². The van der Waals surface area contributed by atoms with E-state index in [-0.39, 0.29) is 0 Å². The highest BCUT2D eigenvalue weighted by atomic mass is 16.3. The highest BCUT2D eigenvalue weighted by Crippen LogP contribution is 2.00. The fourth-order valence-corrected chi connectivity index (χ4v) is 0.768. The molecule has 1 atom stereocenters. The van der Waals surface area contributed by atoms with Crippen LogP contribution in [0, 0.1) is 23.2 Å². The molecule has 0 saturated carbocycles. The van der Waals surface area contributed by atoms with E-state index in [1.807, 2.05) is 6.07 Å². The van der Waals surface area contributed by atoms with E-state index in [0.29, 0.717) is 11.3 Å². The number of nitriles is 1. The number of aromatic nitrogens is 1. The van der Waals surface area contributed by atoms with Crippen molar-refractivity contribution in [3.8, 4) is 17.9 Å². The average Bonchev–Trinajstić information content (AvgIpc) is 2.15. The van der Waals surface area contributed by atoms with Crippen molar-refractivity contribution in [3.05, 3.63) is 29.6 Å². The van der Waals surface area contributed by atoms with Gasteiger partial charge in [0.15, 0.2) is 0 Å². The molecule has 1 aromatic rings. The maximum absolute atomic E-state index is 8.89. The van der Waals surface area contributed by atoms with Crippen molar-refractivity contribution in [2.75, 3.05) is 0 Å².